The largest absolute Gasteiger partial charge is 0.335 e. The molecule has 0 aliphatic carbocycles. The molecule has 2 aromatic heterocycles. The lowest BCUT2D eigenvalue weighted by Crippen LogP contribution is -2.29. The molecule has 2 heterocycles. The molecule has 140 valence electrons. The van der Waals surface area contributed by atoms with Crippen molar-refractivity contribution < 1.29 is 9.18 Å². The number of anilines is 1. The van der Waals surface area contributed by atoms with E-state index in [1.54, 1.807) is 24.4 Å². The Labute approximate surface area is 159 Å². The number of aryl methyl sites for hydroxylation is 1. The zero-order chi connectivity index (χ0) is 19.7. The number of nitrogens with one attached hydrogen (secondary N) is 1. The summed E-state index contributed by atoms with van der Waals surface area (Å²) in [7, 11) is 0. The molecular formula is C21H17FN4O2. The fourth-order valence-electron chi connectivity index (χ4n) is 3.11. The SMILES string of the molecule is Cc1ccccc1NC(=O)Cn1c(=O)n(-c2ccc(F)cc2)c2ncccc21. The number of carbonyl (C=O) groups excluding carboxylic acids is 1. The number of para-hydroxylation sites is 1. The lowest BCUT2D eigenvalue weighted by atomic mass is 10.2. The van der Waals surface area contributed by atoms with Crippen molar-refractivity contribution in [1.29, 1.82) is 0 Å². The molecule has 0 aliphatic rings. The van der Waals surface area contributed by atoms with E-state index in [2.05, 4.69) is 10.3 Å². The number of rotatable bonds is 4. The maximum absolute atomic E-state index is 13.3. The van der Waals surface area contributed by atoms with Gasteiger partial charge in [-0.15, -0.1) is 0 Å². The zero-order valence-electron chi connectivity index (χ0n) is 15.1. The van der Waals surface area contributed by atoms with Crippen LogP contribution in [0.25, 0.3) is 16.9 Å². The Bertz CT molecular complexity index is 1230. The number of nitrogens with zero attached hydrogens (tertiary/aromatic N) is 3. The number of carbonyl (C=O) groups is 1. The fourth-order valence-corrected chi connectivity index (χ4v) is 3.11. The van der Waals surface area contributed by atoms with Crippen LogP contribution in [0.3, 0.4) is 0 Å². The van der Waals surface area contributed by atoms with E-state index in [1.165, 1.54) is 33.4 Å². The predicted molar refractivity (Wildman–Crippen MR) is 105 cm³/mol. The van der Waals surface area contributed by atoms with Crippen LogP contribution in [0.4, 0.5) is 10.1 Å². The molecular weight excluding hydrogens is 359 g/mol. The van der Waals surface area contributed by atoms with E-state index in [1.807, 2.05) is 25.1 Å². The van der Waals surface area contributed by atoms with Gasteiger partial charge < -0.3 is 5.32 Å². The van der Waals surface area contributed by atoms with E-state index < -0.39 is 11.5 Å². The van der Waals surface area contributed by atoms with Gasteiger partial charge in [0.25, 0.3) is 0 Å². The second-order valence-electron chi connectivity index (χ2n) is 6.39. The highest BCUT2D eigenvalue weighted by molar-refractivity contribution is 5.92. The average Bonchev–Trinajstić information content (AvgIpc) is 2.96. The molecule has 4 rings (SSSR count). The second-order valence-corrected chi connectivity index (χ2v) is 6.39. The first-order valence-corrected chi connectivity index (χ1v) is 8.72. The van der Waals surface area contributed by atoms with Crippen molar-refractivity contribution in [2.45, 2.75) is 13.5 Å². The number of halogens is 1. The third kappa shape index (κ3) is 3.18. The molecule has 0 fully saturated rings. The Morgan fingerprint density at radius 3 is 2.57 bits per heavy atom. The molecule has 0 spiro atoms. The predicted octanol–water partition coefficient (Wildman–Crippen LogP) is 3.27. The van der Waals surface area contributed by atoms with E-state index in [9.17, 15) is 14.0 Å². The van der Waals surface area contributed by atoms with Gasteiger partial charge in [0.05, 0.1) is 11.2 Å². The summed E-state index contributed by atoms with van der Waals surface area (Å²) in [6.45, 7) is 1.73. The quantitative estimate of drug-likeness (QED) is 0.594. The lowest BCUT2D eigenvalue weighted by Gasteiger charge is -2.08. The van der Waals surface area contributed by atoms with Crippen LogP contribution in [-0.2, 0) is 11.3 Å². The third-order valence-corrected chi connectivity index (χ3v) is 4.50. The van der Waals surface area contributed by atoms with Crippen LogP contribution in [0.1, 0.15) is 5.56 Å². The summed E-state index contributed by atoms with van der Waals surface area (Å²) < 4.78 is 16.0. The summed E-state index contributed by atoms with van der Waals surface area (Å²) in [5.74, 6) is -0.718. The van der Waals surface area contributed by atoms with E-state index in [0.717, 1.165) is 5.56 Å². The fraction of sp³-hybridized carbons (Fsp3) is 0.0952. The number of hydrogen-bond acceptors (Lipinski definition) is 3. The summed E-state index contributed by atoms with van der Waals surface area (Å²) in [5, 5.41) is 2.83. The minimum atomic E-state index is -0.416. The maximum atomic E-state index is 13.3. The molecule has 0 unspecified atom stereocenters. The van der Waals surface area contributed by atoms with E-state index in [-0.39, 0.29) is 12.5 Å². The van der Waals surface area contributed by atoms with Gasteiger partial charge in [-0.05, 0) is 55.0 Å². The van der Waals surface area contributed by atoms with E-state index in [0.29, 0.717) is 22.5 Å². The van der Waals surface area contributed by atoms with Gasteiger partial charge in [0.1, 0.15) is 12.4 Å². The molecule has 0 atom stereocenters. The van der Waals surface area contributed by atoms with Crippen molar-refractivity contribution in [3.05, 3.63) is 88.7 Å². The number of benzene rings is 2. The molecule has 0 aliphatic heterocycles. The number of aromatic nitrogens is 3. The van der Waals surface area contributed by atoms with Crippen LogP contribution < -0.4 is 11.0 Å². The molecule has 1 N–H and O–H groups in total. The molecule has 0 saturated heterocycles. The first kappa shape index (κ1) is 17.7. The van der Waals surface area contributed by atoms with Crippen LogP contribution >= 0.6 is 0 Å². The Balaban J connectivity index is 1.75. The minimum Gasteiger partial charge on any atom is -0.324 e. The number of pyridine rings is 1. The summed E-state index contributed by atoms with van der Waals surface area (Å²) in [6.07, 6.45) is 1.57. The standard InChI is InChI=1S/C21H17FN4O2/c1-14-5-2-3-6-17(14)24-19(27)13-25-18-7-4-12-23-20(18)26(21(25)28)16-10-8-15(22)9-11-16/h2-12H,13H2,1H3,(H,24,27). The van der Waals surface area contributed by atoms with Gasteiger partial charge in [0.2, 0.25) is 5.91 Å². The molecule has 0 saturated carbocycles. The van der Waals surface area contributed by atoms with E-state index >= 15 is 0 Å². The van der Waals surface area contributed by atoms with Crippen molar-refractivity contribution in [3.8, 4) is 5.69 Å². The topological polar surface area (TPSA) is 68.9 Å². The summed E-state index contributed by atoms with van der Waals surface area (Å²) in [6, 6.07) is 16.4. The monoisotopic (exact) mass is 376 g/mol. The highest BCUT2D eigenvalue weighted by Gasteiger charge is 2.18. The average molecular weight is 376 g/mol. The molecule has 6 nitrogen and oxygen atoms in total. The van der Waals surface area contributed by atoms with Gasteiger partial charge in [-0.25, -0.2) is 18.7 Å². The molecule has 2 aromatic carbocycles. The van der Waals surface area contributed by atoms with Crippen LogP contribution in [0.5, 0.6) is 0 Å². The van der Waals surface area contributed by atoms with Crippen molar-refractivity contribution in [2.24, 2.45) is 0 Å². The molecule has 0 bridgehead atoms. The van der Waals surface area contributed by atoms with Crippen molar-refractivity contribution in [3.63, 3.8) is 0 Å². The Kier molecular flexibility index (Phi) is 4.49. The smallest absolute Gasteiger partial charge is 0.324 e. The third-order valence-electron chi connectivity index (χ3n) is 4.50. The first-order chi connectivity index (χ1) is 13.5. The first-order valence-electron chi connectivity index (χ1n) is 8.72. The summed E-state index contributed by atoms with van der Waals surface area (Å²) in [4.78, 5) is 29.9. The maximum Gasteiger partial charge on any atom is 0.335 e. The normalized spacial score (nSPS) is 10.9. The number of amides is 1. The number of hydrogen-bond donors (Lipinski definition) is 1. The Hall–Kier alpha value is -3.74. The summed E-state index contributed by atoms with van der Waals surface area (Å²) >= 11 is 0. The van der Waals surface area contributed by atoms with Gasteiger partial charge in [0.15, 0.2) is 5.65 Å². The molecule has 1 amide bonds. The van der Waals surface area contributed by atoms with Crippen molar-refractivity contribution in [2.75, 3.05) is 5.32 Å². The molecule has 0 radical (unpaired) electrons. The van der Waals surface area contributed by atoms with Gasteiger partial charge >= 0.3 is 5.69 Å². The number of fused-ring (bicyclic) bond motifs is 1. The molecule has 4 aromatic rings. The number of imidazole rings is 1. The van der Waals surface area contributed by atoms with Crippen LogP contribution in [0.2, 0.25) is 0 Å². The van der Waals surface area contributed by atoms with Gasteiger partial charge in [-0.2, -0.15) is 0 Å². The van der Waals surface area contributed by atoms with Crippen LogP contribution in [0, 0.1) is 12.7 Å². The molecule has 7 heteroatoms. The Morgan fingerprint density at radius 2 is 1.82 bits per heavy atom. The summed E-state index contributed by atoms with van der Waals surface area (Å²) in [5.41, 5.74) is 2.62. The van der Waals surface area contributed by atoms with E-state index in [4.69, 9.17) is 0 Å². The Morgan fingerprint density at radius 1 is 1.07 bits per heavy atom. The van der Waals surface area contributed by atoms with Crippen molar-refractivity contribution >= 4 is 22.8 Å². The highest BCUT2D eigenvalue weighted by Crippen LogP contribution is 2.17. The zero-order valence-corrected chi connectivity index (χ0v) is 15.1. The van der Waals surface area contributed by atoms with Gasteiger partial charge in [-0.3, -0.25) is 9.36 Å². The second kappa shape index (κ2) is 7.11. The van der Waals surface area contributed by atoms with Crippen LogP contribution in [-0.4, -0.2) is 20.0 Å². The minimum absolute atomic E-state index is 0.163. The van der Waals surface area contributed by atoms with Gasteiger partial charge in [-0.1, -0.05) is 18.2 Å². The highest BCUT2D eigenvalue weighted by atomic mass is 19.1. The van der Waals surface area contributed by atoms with Gasteiger partial charge in [0, 0.05) is 11.9 Å². The van der Waals surface area contributed by atoms with Crippen molar-refractivity contribution in [1.82, 2.24) is 14.1 Å². The van der Waals surface area contributed by atoms with Crippen LogP contribution in [0.15, 0.2) is 71.7 Å². The lowest BCUT2D eigenvalue weighted by molar-refractivity contribution is -0.116. The molecule has 28 heavy (non-hydrogen) atoms.